The zero-order chi connectivity index (χ0) is 14.1. The molecule has 0 radical (unpaired) electrons. The molecule has 4 nitrogen and oxygen atoms in total. The lowest BCUT2D eigenvalue weighted by atomic mass is 10.1. The van der Waals surface area contributed by atoms with Crippen molar-refractivity contribution in [2.45, 2.75) is 52.0 Å². The van der Waals surface area contributed by atoms with E-state index in [9.17, 15) is 4.79 Å². The standard InChI is InChI=1S/C15H31N3O/c1-4-11-18(12-5-2)15(19)13-17(3)14-7-6-9-16-10-8-14/h14,16H,4-13H2,1-3H3. The first kappa shape index (κ1) is 16.4. The summed E-state index contributed by atoms with van der Waals surface area (Å²) >= 11 is 0. The Morgan fingerprint density at radius 3 is 2.47 bits per heavy atom. The normalized spacial score (nSPS) is 20.3. The predicted molar refractivity (Wildman–Crippen MR) is 80.3 cm³/mol. The van der Waals surface area contributed by atoms with E-state index in [2.05, 4.69) is 31.1 Å². The van der Waals surface area contributed by atoms with E-state index in [0.717, 1.165) is 45.4 Å². The number of nitrogens with zero attached hydrogens (tertiary/aromatic N) is 2. The summed E-state index contributed by atoms with van der Waals surface area (Å²) in [7, 11) is 2.10. The highest BCUT2D eigenvalue weighted by molar-refractivity contribution is 5.78. The lowest BCUT2D eigenvalue weighted by molar-refractivity contribution is -0.132. The summed E-state index contributed by atoms with van der Waals surface area (Å²) < 4.78 is 0. The van der Waals surface area contributed by atoms with Crippen molar-refractivity contribution in [3.63, 3.8) is 0 Å². The quantitative estimate of drug-likeness (QED) is 0.764. The maximum atomic E-state index is 12.3. The SMILES string of the molecule is CCCN(CCC)C(=O)CN(C)C1CCCNCC1. The molecule has 0 spiro atoms. The molecular formula is C15H31N3O. The third-order valence-corrected chi connectivity index (χ3v) is 3.89. The van der Waals surface area contributed by atoms with Gasteiger partial charge < -0.3 is 10.2 Å². The zero-order valence-corrected chi connectivity index (χ0v) is 13.0. The molecule has 1 unspecified atom stereocenters. The molecular weight excluding hydrogens is 238 g/mol. The maximum Gasteiger partial charge on any atom is 0.236 e. The van der Waals surface area contributed by atoms with Crippen LogP contribution < -0.4 is 5.32 Å². The summed E-state index contributed by atoms with van der Waals surface area (Å²) in [6, 6.07) is 0.559. The summed E-state index contributed by atoms with van der Waals surface area (Å²) in [6.07, 6.45) is 5.67. The third-order valence-electron chi connectivity index (χ3n) is 3.89. The summed E-state index contributed by atoms with van der Waals surface area (Å²) in [5, 5.41) is 3.43. The molecule has 1 saturated heterocycles. The van der Waals surface area contributed by atoms with Gasteiger partial charge in [0.2, 0.25) is 5.91 Å². The van der Waals surface area contributed by atoms with Crippen LogP contribution in [-0.4, -0.2) is 61.5 Å². The van der Waals surface area contributed by atoms with Gasteiger partial charge in [0.1, 0.15) is 0 Å². The minimum atomic E-state index is 0.295. The Balaban J connectivity index is 2.43. The van der Waals surface area contributed by atoms with Gasteiger partial charge in [-0.1, -0.05) is 13.8 Å². The van der Waals surface area contributed by atoms with Gasteiger partial charge >= 0.3 is 0 Å². The van der Waals surface area contributed by atoms with Crippen LogP contribution in [0.3, 0.4) is 0 Å². The number of hydrogen-bond acceptors (Lipinski definition) is 3. The number of rotatable bonds is 7. The number of nitrogens with one attached hydrogen (secondary N) is 1. The topological polar surface area (TPSA) is 35.6 Å². The summed E-state index contributed by atoms with van der Waals surface area (Å²) in [5.41, 5.74) is 0. The van der Waals surface area contributed by atoms with E-state index in [4.69, 9.17) is 0 Å². The van der Waals surface area contributed by atoms with Gasteiger partial charge in [-0.2, -0.15) is 0 Å². The Hall–Kier alpha value is -0.610. The smallest absolute Gasteiger partial charge is 0.236 e. The first-order valence-corrected chi connectivity index (χ1v) is 7.87. The lowest BCUT2D eigenvalue weighted by Gasteiger charge is -2.29. The van der Waals surface area contributed by atoms with Gasteiger partial charge in [0, 0.05) is 19.1 Å². The Morgan fingerprint density at radius 1 is 1.16 bits per heavy atom. The molecule has 112 valence electrons. The van der Waals surface area contributed by atoms with Crippen LogP contribution in [0.5, 0.6) is 0 Å². The third kappa shape index (κ3) is 5.91. The Labute approximate surface area is 118 Å². The van der Waals surface area contributed by atoms with Crippen LogP contribution in [0.2, 0.25) is 0 Å². The highest BCUT2D eigenvalue weighted by Gasteiger charge is 2.21. The second-order valence-corrected chi connectivity index (χ2v) is 5.63. The number of carbonyl (C=O) groups excluding carboxylic acids is 1. The van der Waals surface area contributed by atoms with E-state index in [-0.39, 0.29) is 0 Å². The molecule has 19 heavy (non-hydrogen) atoms. The average molecular weight is 269 g/mol. The second-order valence-electron chi connectivity index (χ2n) is 5.63. The second kappa shape index (κ2) is 9.32. The summed E-state index contributed by atoms with van der Waals surface area (Å²) in [4.78, 5) is 16.6. The minimum absolute atomic E-state index is 0.295. The Kier molecular flexibility index (Phi) is 8.07. The molecule has 0 aliphatic carbocycles. The molecule has 1 N–H and O–H groups in total. The van der Waals surface area contributed by atoms with Crippen molar-refractivity contribution in [3.8, 4) is 0 Å². The first-order chi connectivity index (χ1) is 9.19. The molecule has 0 bridgehead atoms. The highest BCUT2D eigenvalue weighted by Crippen LogP contribution is 2.12. The van der Waals surface area contributed by atoms with E-state index in [0.29, 0.717) is 18.5 Å². The van der Waals surface area contributed by atoms with Crippen LogP contribution in [0, 0.1) is 0 Å². The summed E-state index contributed by atoms with van der Waals surface area (Å²) in [5.74, 6) is 0.295. The van der Waals surface area contributed by atoms with Crippen molar-refractivity contribution in [1.82, 2.24) is 15.1 Å². The molecule has 0 saturated carbocycles. The first-order valence-electron chi connectivity index (χ1n) is 7.87. The number of amides is 1. The van der Waals surface area contributed by atoms with Crippen LogP contribution >= 0.6 is 0 Å². The van der Waals surface area contributed by atoms with E-state index in [1.807, 2.05) is 4.90 Å². The van der Waals surface area contributed by atoms with Gasteiger partial charge in [-0.05, 0) is 52.2 Å². The fourth-order valence-electron chi connectivity index (χ4n) is 2.78. The number of carbonyl (C=O) groups is 1. The van der Waals surface area contributed by atoms with Crippen LogP contribution in [0.1, 0.15) is 46.0 Å². The molecule has 0 aromatic rings. The van der Waals surface area contributed by atoms with Gasteiger partial charge in [0.05, 0.1) is 6.54 Å². The van der Waals surface area contributed by atoms with Gasteiger partial charge in [-0.25, -0.2) is 0 Å². The largest absolute Gasteiger partial charge is 0.342 e. The van der Waals surface area contributed by atoms with E-state index >= 15 is 0 Å². The fraction of sp³-hybridized carbons (Fsp3) is 0.933. The molecule has 1 amide bonds. The highest BCUT2D eigenvalue weighted by atomic mass is 16.2. The van der Waals surface area contributed by atoms with Crippen LogP contribution in [0.4, 0.5) is 0 Å². The van der Waals surface area contributed by atoms with Gasteiger partial charge in [-0.3, -0.25) is 9.69 Å². The minimum Gasteiger partial charge on any atom is -0.342 e. The molecule has 1 atom stereocenters. The number of likely N-dealkylation sites (N-methyl/N-ethyl adjacent to an activating group) is 1. The fourth-order valence-corrected chi connectivity index (χ4v) is 2.78. The molecule has 4 heteroatoms. The predicted octanol–water partition coefficient (Wildman–Crippen LogP) is 1.71. The Morgan fingerprint density at radius 2 is 1.84 bits per heavy atom. The average Bonchev–Trinajstić information content (AvgIpc) is 2.67. The molecule has 0 aromatic heterocycles. The molecule has 1 rings (SSSR count). The van der Waals surface area contributed by atoms with Crippen LogP contribution in [0.25, 0.3) is 0 Å². The van der Waals surface area contributed by atoms with Gasteiger partial charge in [0.25, 0.3) is 0 Å². The molecule has 1 fully saturated rings. The molecule has 1 aliphatic heterocycles. The zero-order valence-electron chi connectivity index (χ0n) is 13.0. The lowest BCUT2D eigenvalue weighted by Crippen LogP contribution is -2.43. The van der Waals surface area contributed by atoms with Gasteiger partial charge in [0.15, 0.2) is 0 Å². The van der Waals surface area contributed by atoms with Crippen molar-refractivity contribution >= 4 is 5.91 Å². The van der Waals surface area contributed by atoms with Crippen molar-refractivity contribution < 1.29 is 4.79 Å². The Bertz CT molecular complexity index is 244. The number of hydrogen-bond donors (Lipinski definition) is 1. The van der Waals surface area contributed by atoms with Crippen molar-refractivity contribution in [2.75, 3.05) is 39.8 Å². The van der Waals surface area contributed by atoms with E-state index in [1.54, 1.807) is 0 Å². The van der Waals surface area contributed by atoms with Crippen LogP contribution in [0.15, 0.2) is 0 Å². The van der Waals surface area contributed by atoms with Crippen molar-refractivity contribution in [3.05, 3.63) is 0 Å². The van der Waals surface area contributed by atoms with E-state index < -0.39 is 0 Å². The van der Waals surface area contributed by atoms with Crippen molar-refractivity contribution in [1.29, 1.82) is 0 Å². The van der Waals surface area contributed by atoms with Gasteiger partial charge in [-0.15, -0.1) is 0 Å². The molecule has 1 heterocycles. The van der Waals surface area contributed by atoms with Crippen LogP contribution in [-0.2, 0) is 4.79 Å². The monoisotopic (exact) mass is 269 g/mol. The maximum absolute atomic E-state index is 12.3. The molecule has 0 aromatic carbocycles. The van der Waals surface area contributed by atoms with Crippen molar-refractivity contribution in [2.24, 2.45) is 0 Å². The summed E-state index contributed by atoms with van der Waals surface area (Å²) in [6.45, 7) is 8.84. The molecule has 1 aliphatic rings. The van der Waals surface area contributed by atoms with E-state index in [1.165, 1.54) is 12.8 Å².